The van der Waals surface area contributed by atoms with Gasteiger partial charge in [-0.25, -0.2) is 15.0 Å². The number of nitrogens with zero attached hydrogens (tertiary/aromatic N) is 5. The quantitative estimate of drug-likeness (QED) is 0.438. The Balaban J connectivity index is 1.33. The van der Waals surface area contributed by atoms with E-state index in [4.69, 9.17) is 10.7 Å². The topological polar surface area (TPSA) is 118 Å². The van der Waals surface area contributed by atoms with Crippen molar-refractivity contribution >= 4 is 28.3 Å². The van der Waals surface area contributed by atoms with Gasteiger partial charge in [-0.15, -0.1) is 0 Å². The molecule has 4 N–H and O–H groups in total. The lowest BCUT2D eigenvalue weighted by atomic mass is 9.92. The number of fused-ring (bicyclic) bond motifs is 1. The summed E-state index contributed by atoms with van der Waals surface area (Å²) in [6.07, 6.45) is 9.50. The van der Waals surface area contributed by atoms with E-state index in [2.05, 4.69) is 47.3 Å². The van der Waals surface area contributed by atoms with Crippen molar-refractivity contribution in [3.05, 3.63) is 46.7 Å². The number of hydrogen-bond donors (Lipinski definition) is 3. The van der Waals surface area contributed by atoms with Gasteiger partial charge in [0.2, 0.25) is 5.95 Å². The second kappa shape index (κ2) is 8.45. The molecule has 0 saturated heterocycles. The van der Waals surface area contributed by atoms with Gasteiger partial charge in [-0.05, 0) is 60.6 Å². The smallest absolute Gasteiger partial charge is 0.224 e. The molecular weight excluding hydrogens is 396 g/mol. The van der Waals surface area contributed by atoms with Gasteiger partial charge in [0.05, 0.1) is 16.8 Å². The first-order chi connectivity index (χ1) is 14.7. The molecular formula is C21H24N8S. The maximum absolute atomic E-state index is 5.99. The number of hydrogen-bond acceptors (Lipinski definition) is 8. The summed E-state index contributed by atoms with van der Waals surface area (Å²) in [6, 6.07) is 4.72. The van der Waals surface area contributed by atoms with Gasteiger partial charge in [0.1, 0.15) is 5.82 Å². The monoisotopic (exact) mass is 420 g/mol. The maximum Gasteiger partial charge on any atom is 0.224 e. The molecule has 1 aliphatic carbocycles. The number of nitrogens with two attached hydrogens (primary N) is 1. The molecule has 0 unspecified atom stereocenters. The summed E-state index contributed by atoms with van der Waals surface area (Å²) in [5.74, 6) is 1.43. The number of aromatic amines is 1. The third kappa shape index (κ3) is 4.17. The highest BCUT2D eigenvalue weighted by atomic mass is 32.1. The largest absolute Gasteiger partial charge is 0.351 e. The van der Waals surface area contributed by atoms with Crippen LogP contribution in [0.1, 0.15) is 37.1 Å². The summed E-state index contributed by atoms with van der Waals surface area (Å²) in [6.45, 7) is 0. The van der Waals surface area contributed by atoms with E-state index in [1.807, 2.05) is 12.3 Å². The Morgan fingerprint density at radius 3 is 2.83 bits per heavy atom. The maximum atomic E-state index is 5.99. The molecule has 4 aromatic rings. The average Bonchev–Trinajstić information content (AvgIpc) is 3.44. The van der Waals surface area contributed by atoms with Crippen molar-refractivity contribution in [2.45, 2.75) is 50.6 Å². The molecule has 30 heavy (non-hydrogen) atoms. The molecule has 1 saturated carbocycles. The first-order valence-electron chi connectivity index (χ1n) is 10.3. The summed E-state index contributed by atoms with van der Waals surface area (Å²) in [4.78, 5) is 18.3. The van der Waals surface area contributed by atoms with Gasteiger partial charge in [0.15, 0.2) is 5.65 Å². The summed E-state index contributed by atoms with van der Waals surface area (Å²) < 4.78 is 0. The summed E-state index contributed by atoms with van der Waals surface area (Å²) >= 11 is 1.71. The van der Waals surface area contributed by atoms with Crippen molar-refractivity contribution in [3.63, 3.8) is 0 Å². The van der Waals surface area contributed by atoms with Crippen molar-refractivity contribution in [2.75, 3.05) is 5.32 Å². The third-order valence-electron chi connectivity index (χ3n) is 5.60. The van der Waals surface area contributed by atoms with Crippen LogP contribution in [0.4, 0.5) is 5.95 Å². The summed E-state index contributed by atoms with van der Waals surface area (Å²) in [5, 5.41) is 16.0. The zero-order chi connectivity index (χ0) is 20.3. The van der Waals surface area contributed by atoms with Crippen LogP contribution in [0.2, 0.25) is 0 Å². The van der Waals surface area contributed by atoms with Crippen LogP contribution in [-0.4, -0.2) is 42.2 Å². The second-order valence-corrected chi connectivity index (χ2v) is 8.56. The predicted molar refractivity (Wildman–Crippen MR) is 118 cm³/mol. The van der Waals surface area contributed by atoms with Gasteiger partial charge < -0.3 is 11.1 Å². The highest BCUT2D eigenvalue weighted by molar-refractivity contribution is 7.07. The number of anilines is 1. The number of rotatable bonds is 6. The van der Waals surface area contributed by atoms with Crippen LogP contribution in [0, 0.1) is 0 Å². The van der Waals surface area contributed by atoms with Crippen molar-refractivity contribution in [3.8, 4) is 11.4 Å². The highest BCUT2D eigenvalue weighted by Crippen LogP contribution is 2.25. The van der Waals surface area contributed by atoms with E-state index in [0.29, 0.717) is 23.7 Å². The minimum Gasteiger partial charge on any atom is -0.351 e. The number of aryl methyl sites for hydroxylation is 2. The lowest BCUT2D eigenvalue weighted by Gasteiger charge is -2.26. The standard InChI is InChI=1S/C21H24N8S/c22-14-2-4-15(5-3-14)25-21-24-11-16-19(28-29-20(16)27-21)17-7-9-23-18(26-17)6-1-13-8-10-30-12-13/h7-12,14-15H,1-6,22H2,(H2,24,25,27,28,29). The van der Waals surface area contributed by atoms with Gasteiger partial charge in [-0.3, -0.25) is 5.10 Å². The van der Waals surface area contributed by atoms with E-state index >= 15 is 0 Å². The molecule has 5 rings (SSSR count). The van der Waals surface area contributed by atoms with E-state index < -0.39 is 0 Å². The zero-order valence-electron chi connectivity index (χ0n) is 16.6. The molecule has 1 aliphatic rings. The molecule has 0 bridgehead atoms. The minimum atomic E-state index is 0.323. The van der Waals surface area contributed by atoms with Gasteiger partial charge >= 0.3 is 0 Å². The van der Waals surface area contributed by atoms with E-state index in [1.54, 1.807) is 17.5 Å². The molecule has 0 aromatic carbocycles. The fourth-order valence-corrected chi connectivity index (χ4v) is 4.57. The van der Waals surface area contributed by atoms with Crippen molar-refractivity contribution in [1.82, 2.24) is 30.1 Å². The Kier molecular flexibility index (Phi) is 5.37. The van der Waals surface area contributed by atoms with Crippen LogP contribution >= 0.6 is 11.3 Å². The molecule has 9 heteroatoms. The lowest BCUT2D eigenvalue weighted by molar-refractivity contribution is 0.410. The minimum absolute atomic E-state index is 0.323. The molecule has 8 nitrogen and oxygen atoms in total. The first kappa shape index (κ1) is 19.1. The van der Waals surface area contributed by atoms with E-state index in [-0.39, 0.29) is 0 Å². The van der Waals surface area contributed by atoms with Crippen LogP contribution in [0.5, 0.6) is 0 Å². The Morgan fingerprint density at radius 1 is 1.10 bits per heavy atom. The predicted octanol–water partition coefficient (Wildman–Crippen LogP) is 3.34. The van der Waals surface area contributed by atoms with Gasteiger partial charge in [0.25, 0.3) is 0 Å². The van der Waals surface area contributed by atoms with Gasteiger partial charge in [-0.2, -0.15) is 21.4 Å². The first-order valence-corrected chi connectivity index (χ1v) is 11.3. The van der Waals surface area contributed by atoms with E-state index in [0.717, 1.165) is 61.1 Å². The third-order valence-corrected chi connectivity index (χ3v) is 6.33. The van der Waals surface area contributed by atoms with Crippen LogP contribution in [0.3, 0.4) is 0 Å². The van der Waals surface area contributed by atoms with E-state index in [1.165, 1.54) is 5.56 Å². The fourth-order valence-electron chi connectivity index (χ4n) is 3.86. The molecule has 1 fully saturated rings. The molecule has 0 spiro atoms. The Bertz CT molecular complexity index is 1120. The molecule has 0 atom stereocenters. The van der Waals surface area contributed by atoms with Crippen LogP contribution in [-0.2, 0) is 12.8 Å². The fraction of sp³-hybridized carbons (Fsp3) is 0.381. The van der Waals surface area contributed by atoms with Crippen molar-refractivity contribution < 1.29 is 0 Å². The van der Waals surface area contributed by atoms with E-state index in [9.17, 15) is 0 Å². The average molecular weight is 421 g/mol. The number of aromatic nitrogens is 6. The lowest BCUT2D eigenvalue weighted by Crippen LogP contribution is -2.33. The molecule has 4 heterocycles. The zero-order valence-corrected chi connectivity index (χ0v) is 17.4. The van der Waals surface area contributed by atoms with Gasteiger partial charge in [-0.1, -0.05) is 0 Å². The summed E-state index contributed by atoms with van der Waals surface area (Å²) in [7, 11) is 0. The van der Waals surface area contributed by atoms with Crippen molar-refractivity contribution in [1.29, 1.82) is 0 Å². The van der Waals surface area contributed by atoms with Crippen LogP contribution < -0.4 is 11.1 Å². The SMILES string of the molecule is NC1CCC(Nc2ncc3c(-c4ccnc(CCc5ccsc5)n4)[nH]nc3n2)CC1. The molecule has 4 aromatic heterocycles. The molecule has 0 amide bonds. The second-order valence-electron chi connectivity index (χ2n) is 7.78. The Morgan fingerprint density at radius 2 is 2.00 bits per heavy atom. The van der Waals surface area contributed by atoms with Gasteiger partial charge in [0, 0.05) is 30.9 Å². The number of H-pyrrole nitrogens is 1. The molecule has 154 valence electrons. The van der Waals surface area contributed by atoms with Crippen LogP contribution in [0.25, 0.3) is 22.4 Å². The Labute approximate surface area is 178 Å². The number of thiophene rings is 1. The molecule has 0 aliphatic heterocycles. The van der Waals surface area contributed by atoms with Crippen molar-refractivity contribution in [2.24, 2.45) is 5.73 Å². The highest BCUT2D eigenvalue weighted by Gasteiger charge is 2.20. The number of nitrogens with one attached hydrogen (secondary N) is 2. The Hall–Kier alpha value is -2.91. The van der Waals surface area contributed by atoms with Crippen LogP contribution in [0.15, 0.2) is 35.3 Å². The summed E-state index contributed by atoms with van der Waals surface area (Å²) in [5.41, 5.74) is 9.56. The normalized spacial score (nSPS) is 19.2. The molecule has 0 radical (unpaired) electrons.